The maximum absolute atomic E-state index is 14.6. The standard InChI is InChI=1S/C22H22F4N4O3S/c1-12(14-4-3-5-17(18(14)23)22(24,25)26)29-19-16-10-15(13-6-8-34(31,32)9-7-13)21(33-2)30-20(16)28-11-27-19/h3-5,10-13H,6-9H2,1-2H3,(H,27,28,29,30)/t12-/m1/s1. The van der Waals surface area contributed by atoms with Crippen LogP contribution in [0, 0.1) is 5.82 Å². The molecule has 1 aliphatic heterocycles. The van der Waals surface area contributed by atoms with Crippen molar-refractivity contribution in [2.75, 3.05) is 23.9 Å². The first-order chi connectivity index (χ1) is 16.0. The van der Waals surface area contributed by atoms with Crippen molar-refractivity contribution in [1.29, 1.82) is 0 Å². The van der Waals surface area contributed by atoms with E-state index in [0.717, 1.165) is 6.07 Å². The summed E-state index contributed by atoms with van der Waals surface area (Å²) in [4.78, 5) is 12.8. The quantitative estimate of drug-likeness (QED) is 0.512. The Bertz CT molecular complexity index is 1320. The van der Waals surface area contributed by atoms with Crippen LogP contribution < -0.4 is 10.1 Å². The minimum atomic E-state index is -4.82. The lowest BCUT2D eigenvalue weighted by atomic mass is 9.93. The van der Waals surface area contributed by atoms with E-state index in [9.17, 15) is 26.0 Å². The third-order valence-corrected chi connectivity index (χ3v) is 7.67. The van der Waals surface area contributed by atoms with Gasteiger partial charge >= 0.3 is 6.18 Å². The van der Waals surface area contributed by atoms with E-state index in [0.29, 0.717) is 35.7 Å². The molecule has 3 aromatic rings. The third kappa shape index (κ3) is 4.77. The minimum Gasteiger partial charge on any atom is -0.481 e. The van der Waals surface area contributed by atoms with Gasteiger partial charge in [0.05, 0.1) is 35.6 Å². The van der Waals surface area contributed by atoms with Crippen molar-refractivity contribution in [2.24, 2.45) is 0 Å². The summed E-state index contributed by atoms with van der Waals surface area (Å²) in [6.45, 7) is 1.52. The van der Waals surface area contributed by atoms with E-state index >= 15 is 0 Å². The van der Waals surface area contributed by atoms with E-state index in [4.69, 9.17) is 4.74 Å². The number of methoxy groups -OCH3 is 1. The summed E-state index contributed by atoms with van der Waals surface area (Å²) < 4.78 is 83.1. The first-order valence-electron chi connectivity index (χ1n) is 10.5. The molecule has 1 saturated heterocycles. The Morgan fingerprint density at radius 2 is 1.88 bits per heavy atom. The van der Waals surface area contributed by atoms with Gasteiger partial charge in [0, 0.05) is 11.1 Å². The van der Waals surface area contributed by atoms with Crippen molar-refractivity contribution in [1.82, 2.24) is 15.0 Å². The van der Waals surface area contributed by atoms with Gasteiger partial charge in [0.2, 0.25) is 5.88 Å². The molecule has 1 fully saturated rings. The number of benzene rings is 1. The number of anilines is 1. The first-order valence-corrected chi connectivity index (χ1v) is 12.3. The van der Waals surface area contributed by atoms with Gasteiger partial charge in [-0.3, -0.25) is 0 Å². The van der Waals surface area contributed by atoms with Gasteiger partial charge in [0.15, 0.2) is 5.65 Å². The second-order valence-electron chi connectivity index (χ2n) is 8.18. The van der Waals surface area contributed by atoms with Crippen LogP contribution in [0.3, 0.4) is 0 Å². The summed E-state index contributed by atoms with van der Waals surface area (Å²) in [7, 11) is -1.62. The molecule has 0 saturated carbocycles. The molecule has 1 aliphatic rings. The Kier molecular flexibility index (Phi) is 6.36. The van der Waals surface area contributed by atoms with Gasteiger partial charge in [-0.25, -0.2) is 22.8 Å². The Balaban J connectivity index is 1.71. The smallest absolute Gasteiger partial charge is 0.419 e. The number of fused-ring (bicyclic) bond motifs is 1. The molecule has 182 valence electrons. The molecule has 0 amide bonds. The van der Waals surface area contributed by atoms with Crippen molar-refractivity contribution >= 4 is 26.7 Å². The molecule has 12 heteroatoms. The third-order valence-electron chi connectivity index (χ3n) is 5.96. The largest absolute Gasteiger partial charge is 0.481 e. The average molecular weight is 499 g/mol. The lowest BCUT2D eigenvalue weighted by Crippen LogP contribution is -2.22. The molecule has 1 atom stereocenters. The highest BCUT2D eigenvalue weighted by Gasteiger charge is 2.35. The van der Waals surface area contributed by atoms with Crippen molar-refractivity contribution in [3.05, 3.63) is 53.1 Å². The van der Waals surface area contributed by atoms with Gasteiger partial charge in [-0.1, -0.05) is 12.1 Å². The molecule has 1 N–H and O–H groups in total. The van der Waals surface area contributed by atoms with Gasteiger partial charge < -0.3 is 10.1 Å². The van der Waals surface area contributed by atoms with E-state index in [-0.39, 0.29) is 34.5 Å². The van der Waals surface area contributed by atoms with E-state index in [1.807, 2.05) is 0 Å². The van der Waals surface area contributed by atoms with Crippen LogP contribution in [-0.2, 0) is 16.0 Å². The summed E-state index contributed by atoms with van der Waals surface area (Å²) in [5.74, 6) is -0.769. The maximum Gasteiger partial charge on any atom is 0.419 e. The molecule has 7 nitrogen and oxygen atoms in total. The minimum absolute atomic E-state index is 0.0567. The number of sulfone groups is 1. The summed E-state index contributed by atoms with van der Waals surface area (Å²) in [6, 6.07) is 4.02. The summed E-state index contributed by atoms with van der Waals surface area (Å²) in [5.41, 5.74) is -0.535. The normalized spacial score (nSPS) is 17.5. The topological polar surface area (TPSA) is 94.1 Å². The number of halogens is 4. The Labute approximate surface area is 193 Å². The molecule has 4 rings (SSSR count). The van der Waals surface area contributed by atoms with Crippen molar-refractivity contribution in [3.63, 3.8) is 0 Å². The number of rotatable bonds is 5. The number of hydrogen-bond donors (Lipinski definition) is 1. The SMILES string of the molecule is COc1nc2ncnc(N[C@H](C)c3cccc(C(F)(F)F)c3F)c2cc1C1CCS(=O)(=O)CC1. The summed E-state index contributed by atoms with van der Waals surface area (Å²) in [5, 5.41) is 3.43. The average Bonchev–Trinajstić information content (AvgIpc) is 2.78. The summed E-state index contributed by atoms with van der Waals surface area (Å²) in [6.07, 6.45) is -2.76. The molecule has 1 aromatic carbocycles. The van der Waals surface area contributed by atoms with E-state index in [2.05, 4.69) is 20.3 Å². The number of aromatic nitrogens is 3. The lowest BCUT2D eigenvalue weighted by molar-refractivity contribution is -0.140. The van der Waals surface area contributed by atoms with E-state index in [1.54, 1.807) is 6.07 Å². The van der Waals surface area contributed by atoms with Crippen LogP contribution in [0.25, 0.3) is 11.0 Å². The van der Waals surface area contributed by atoms with E-state index < -0.39 is 33.4 Å². The molecule has 0 aliphatic carbocycles. The number of ether oxygens (including phenoxy) is 1. The zero-order valence-electron chi connectivity index (χ0n) is 18.4. The Morgan fingerprint density at radius 3 is 2.53 bits per heavy atom. The predicted molar refractivity (Wildman–Crippen MR) is 118 cm³/mol. The van der Waals surface area contributed by atoms with Gasteiger partial charge in [-0.15, -0.1) is 0 Å². The van der Waals surface area contributed by atoms with Gasteiger partial charge in [0.1, 0.15) is 27.8 Å². The van der Waals surface area contributed by atoms with Crippen LogP contribution in [-0.4, -0.2) is 42.0 Å². The highest BCUT2D eigenvalue weighted by atomic mass is 32.2. The van der Waals surface area contributed by atoms with Crippen LogP contribution >= 0.6 is 0 Å². The molecule has 2 aromatic heterocycles. The van der Waals surface area contributed by atoms with Crippen LogP contribution in [0.4, 0.5) is 23.4 Å². The predicted octanol–water partition coefficient (Wildman–Crippen LogP) is 4.66. The highest BCUT2D eigenvalue weighted by molar-refractivity contribution is 7.91. The first kappa shape index (κ1) is 24.1. The van der Waals surface area contributed by atoms with Crippen molar-refractivity contribution < 1.29 is 30.7 Å². The van der Waals surface area contributed by atoms with Crippen LogP contribution in [0.1, 0.15) is 48.4 Å². The summed E-state index contributed by atoms with van der Waals surface area (Å²) >= 11 is 0. The van der Waals surface area contributed by atoms with Crippen LogP contribution in [0.5, 0.6) is 5.88 Å². The molecule has 0 unspecified atom stereocenters. The van der Waals surface area contributed by atoms with Crippen molar-refractivity contribution in [3.8, 4) is 5.88 Å². The van der Waals surface area contributed by atoms with Gasteiger partial charge in [-0.05, 0) is 37.8 Å². The fourth-order valence-electron chi connectivity index (χ4n) is 4.14. The molecule has 34 heavy (non-hydrogen) atoms. The van der Waals surface area contributed by atoms with Crippen LogP contribution in [0.2, 0.25) is 0 Å². The van der Waals surface area contributed by atoms with Crippen LogP contribution in [0.15, 0.2) is 30.6 Å². The Morgan fingerprint density at radius 1 is 1.18 bits per heavy atom. The highest BCUT2D eigenvalue weighted by Crippen LogP contribution is 2.38. The number of nitrogens with one attached hydrogen (secondary N) is 1. The molecule has 0 radical (unpaired) electrons. The molecule has 0 bridgehead atoms. The number of pyridine rings is 1. The number of alkyl halides is 3. The second kappa shape index (κ2) is 8.97. The zero-order chi connectivity index (χ0) is 24.7. The van der Waals surface area contributed by atoms with Crippen molar-refractivity contribution in [2.45, 2.75) is 37.9 Å². The zero-order valence-corrected chi connectivity index (χ0v) is 19.2. The van der Waals surface area contributed by atoms with E-state index in [1.165, 1.54) is 26.4 Å². The second-order valence-corrected chi connectivity index (χ2v) is 10.5. The number of nitrogens with zero attached hydrogens (tertiary/aromatic N) is 3. The van der Waals surface area contributed by atoms with Gasteiger partial charge in [-0.2, -0.15) is 18.2 Å². The Hall–Kier alpha value is -3.02. The lowest BCUT2D eigenvalue weighted by Gasteiger charge is -2.24. The molecule has 3 heterocycles. The molecular formula is C22H22F4N4O3S. The van der Waals surface area contributed by atoms with Gasteiger partial charge in [0.25, 0.3) is 0 Å². The molecule has 0 spiro atoms. The number of hydrogen-bond acceptors (Lipinski definition) is 7. The molecular weight excluding hydrogens is 476 g/mol. The fourth-order valence-corrected chi connectivity index (χ4v) is 5.64. The fraction of sp³-hybridized carbons (Fsp3) is 0.409. The maximum atomic E-state index is 14.6. The monoisotopic (exact) mass is 498 g/mol.